The SMILES string of the molecule is C=CC(=O)OCCCCCCOc1ccc(OC(=O)C2CCC(C(=O)Oc3ccc(OC=O)cc3/C=N/N(c3nc4ccccc4s3)C(C)C)CC2)cc1. The van der Waals surface area contributed by atoms with Crippen LogP contribution in [0.5, 0.6) is 23.0 Å². The molecule has 0 unspecified atom stereocenters. The molecule has 1 saturated carbocycles. The molecular weight excluding hydrogens is 711 g/mol. The number of ether oxygens (including phenoxy) is 5. The summed E-state index contributed by atoms with van der Waals surface area (Å²) in [5.41, 5.74) is 1.32. The molecule has 0 atom stereocenters. The highest BCUT2D eigenvalue weighted by Gasteiger charge is 2.32. The number of benzene rings is 3. The van der Waals surface area contributed by atoms with Crippen LogP contribution in [0.4, 0.5) is 5.13 Å². The Balaban J connectivity index is 1.09. The van der Waals surface area contributed by atoms with Gasteiger partial charge in [0, 0.05) is 17.7 Å². The summed E-state index contributed by atoms with van der Waals surface area (Å²) in [6.07, 6.45) is 8.18. The summed E-state index contributed by atoms with van der Waals surface area (Å²) in [6.45, 7) is 8.63. The third-order valence-corrected chi connectivity index (χ3v) is 9.85. The van der Waals surface area contributed by atoms with Gasteiger partial charge in [0.15, 0.2) is 0 Å². The predicted molar refractivity (Wildman–Crippen MR) is 206 cm³/mol. The number of hydrogen-bond acceptors (Lipinski definition) is 13. The predicted octanol–water partition coefficient (Wildman–Crippen LogP) is 8.07. The number of anilines is 1. The number of hydrogen-bond donors (Lipinski definition) is 0. The van der Waals surface area contributed by atoms with E-state index in [0.29, 0.717) is 67.6 Å². The fourth-order valence-corrected chi connectivity index (χ4v) is 6.93. The number of nitrogens with zero attached hydrogens (tertiary/aromatic N) is 3. The minimum Gasteiger partial charge on any atom is -0.494 e. The van der Waals surface area contributed by atoms with Gasteiger partial charge in [-0.1, -0.05) is 30.0 Å². The van der Waals surface area contributed by atoms with Crippen LogP contribution in [0.2, 0.25) is 0 Å². The van der Waals surface area contributed by atoms with Crippen molar-refractivity contribution in [1.82, 2.24) is 4.98 Å². The monoisotopic (exact) mass is 755 g/mol. The van der Waals surface area contributed by atoms with E-state index in [1.54, 1.807) is 53.7 Å². The number of para-hydroxylation sites is 1. The van der Waals surface area contributed by atoms with Crippen LogP contribution >= 0.6 is 11.3 Å². The van der Waals surface area contributed by atoms with Crippen LogP contribution in [0, 0.1) is 11.8 Å². The van der Waals surface area contributed by atoms with Crippen molar-refractivity contribution in [1.29, 1.82) is 0 Å². The number of fused-ring (bicyclic) bond motifs is 1. The van der Waals surface area contributed by atoms with Crippen LogP contribution < -0.4 is 24.0 Å². The second kappa shape index (κ2) is 20.0. The molecule has 0 spiro atoms. The molecule has 54 heavy (non-hydrogen) atoms. The molecule has 1 aromatic heterocycles. The highest BCUT2D eigenvalue weighted by molar-refractivity contribution is 7.22. The third kappa shape index (κ3) is 11.5. The number of aromatic nitrogens is 1. The molecule has 3 aromatic carbocycles. The molecule has 0 aliphatic heterocycles. The van der Waals surface area contributed by atoms with Gasteiger partial charge in [-0.15, -0.1) is 0 Å². The Morgan fingerprint density at radius 1 is 0.870 bits per heavy atom. The smallest absolute Gasteiger partial charge is 0.330 e. The van der Waals surface area contributed by atoms with Crippen molar-refractivity contribution in [2.75, 3.05) is 18.2 Å². The van der Waals surface area contributed by atoms with Crippen LogP contribution in [-0.4, -0.2) is 54.8 Å². The van der Waals surface area contributed by atoms with E-state index in [1.165, 1.54) is 11.3 Å². The zero-order chi connectivity index (χ0) is 38.3. The van der Waals surface area contributed by atoms with Gasteiger partial charge in [0.25, 0.3) is 6.47 Å². The van der Waals surface area contributed by atoms with Crippen molar-refractivity contribution < 1.29 is 42.9 Å². The lowest BCUT2D eigenvalue weighted by molar-refractivity contribution is -0.145. The van der Waals surface area contributed by atoms with Crippen LogP contribution in [0.1, 0.15) is 70.8 Å². The molecular formula is C41H45N3O9S. The summed E-state index contributed by atoms with van der Waals surface area (Å²) >= 11 is 1.52. The first kappa shape index (κ1) is 39.6. The topological polar surface area (TPSA) is 143 Å². The van der Waals surface area contributed by atoms with E-state index in [4.69, 9.17) is 33.8 Å². The Kier molecular flexibility index (Phi) is 14.7. The molecule has 1 fully saturated rings. The molecule has 1 heterocycles. The Labute approximate surface area is 318 Å². The molecule has 0 bridgehead atoms. The largest absolute Gasteiger partial charge is 0.494 e. The first-order valence-electron chi connectivity index (χ1n) is 18.1. The van der Waals surface area contributed by atoms with Crippen LogP contribution in [0.15, 0.2) is 84.5 Å². The van der Waals surface area contributed by atoms with E-state index in [2.05, 4.69) is 6.58 Å². The summed E-state index contributed by atoms with van der Waals surface area (Å²) in [5, 5.41) is 7.19. The molecule has 4 aromatic rings. The first-order chi connectivity index (χ1) is 26.2. The van der Waals surface area contributed by atoms with Crippen molar-refractivity contribution in [3.8, 4) is 23.0 Å². The van der Waals surface area contributed by atoms with Gasteiger partial charge in [-0.2, -0.15) is 5.10 Å². The molecule has 12 nitrogen and oxygen atoms in total. The van der Waals surface area contributed by atoms with Crippen LogP contribution in [0.3, 0.4) is 0 Å². The van der Waals surface area contributed by atoms with Crippen LogP contribution in [-0.2, 0) is 23.9 Å². The number of thiazole rings is 1. The van der Waals surface area contributed by atoms with Gasteiger partial charge in [-0.25, -0.2) is 14.8 Å². The Morgan fingerprint density at radius 3 is 2.19 bits per heavy atom. The van der Waals surface area contributed by atoms with Crippen molar-refractivity contribution in [2.24, 2.45) is 16.9 Å². The number of carbonyl (C=O) groups excluding carboxylic acids is 4. The number of rotatable bonds is 19. The van der Waals surface area contributed by atoms with Gasteiger partial charge in [-0.3, -0.25) is 14.4 Å². The zero-order valence-corrected chi connectivity index (χ0v) is 31.3. The second-order valence-corrected chi connectivity index (χ2v) is 14.1. The maximum Gasteiger partial charge on any atom is 0.330 e. The molecule has 0 radical (unpaired) electrons. The van der Waals surface area contributed by atoms with Gasteiger partial charge >= 0.3 is 17.9 Å². The van der Waals surface area contributed by atoms with Gasteiger partial charge in [0.1, 0.15) is 23.0 Å². The number of unbranched alkanes of at least 4 members (excludes halogenated alkanes) is 3. The summed E-state index contributed by atoms with van der Waals surface area (Å²) in [4.78, 5) is 53.2. The fraction of sp³-hybridized carbons (Fsp3) is 0.366. The summed E-state index contributed by atoms with van der Waals surface area (Å²) < 4.78 is 28.4. The molecule has 1 aliphatic rings. The van der Waals surface area contributed by atoms with E-state index < -0.39 is 17.9 Å². The highest BCUT2D eigenvalue weighted by atomic mass is 32.1. The van der Waals surface area contributed by atoms with Gasteiger partial charge in [0.2, 0.25) is 5.13 Å². The van der Waals surface area contributed by atoms with Gasteiger partial charge < -0.3 is 23.7 Å². The Hall–Kier alpha value is -5.56. The minimum atomic E-state index is -0.406. The number of carbonyl (C=O) groups is 4. The van der Waals surface area contributed by atoms with E-state index in [1.807, 2.05) is 38.1 Å². The van der Waals surface area contributed by atoms with Crippen molar-refractivity contribution >= 4 is 57.3 Å². The molecule has 13 heteroatoms. The van der Waals surface area contributed by atoms with Crippen molar-refractivity contribution in [3.63, 3.8) is 0 Å². The van der Waals surface area contributed by atoms with E-state index in [-0.39, 0.29) is 29.4 Å². The standard InChI is InChI=1S/C41H45N3O9S/c1-4-38(46)50-24-10-6-5-9-23-49-32-17-19-33(20-18-32)52-39(47)29-13-15-30(16-14-29)40(48)53-36-22-21-34(51-27-45)25-31(36)26-42-44(28(2)3)41-43-35-11-7-8-12-37(35)54-41/h4,7-8,11-12,17-22,25-30H,1,5-6,9-10,13-16,23-24H2,2-3H3/b42-26+. The van der Waals surface area contributed by atoms with E-state index in [0.717, 1.165) is 42.0 Å². The quantitative estimate of drug-likeness (QED) is 0.0174. The van der Waals surface area contributed by atoms with Crippen LogP contribution in [0.25, 0.3) is 10.2 Å². The first-order valence-corrected chi connectivity index (χ1v) is 18.9. The molecule has 1 aliphatic carbocycles. The van der Waals surface area contributed by atoms with Gasteiger partial charge in [0.05, 0.1) is 41.5 Å². The number of hydrazone groups is 1. The van der Waals surface area contributed by atoms with E-state index >= 15 is 0 Å². The normalized spacial score (nSPS) is 15.5. The lowest BCUT2D eigenvalue weighted by Crippen LogP contribution is -2.30. The van der Waals surface area contributed by atoms with Crippen molar-refractivity contribution in [3.05, 3.63) is 84.9 Å². The summed E-state index contributed by atoms with van der Waals surface area (Å²) in [5.74, 6) is -0.219. The molecule has 0 saturated heterocycles. The second-order valence-electron chi connectivity index (χ2n) is 13.1. The Morgan fingerprint density at radius 2 is 1.52 bits per heavy atom. The molecule has 284 valence electrons. The molecule has 0 N–H and O–H groups in total. The number of esters is 3. The lowest BCUT2D eigenvalue weighted by atomic mass is 9.82. The average molecular weight is 756 g/mol. The molecule has 5 rings (SSSR count). The fourth-order valence-electron chi connectivity index (χ4n) is 5.87. The third-order valence-electron chi connectivity index (χ3n) is 8.82. The van der Waals surface area contributed by atoms with E-state index in [9.17, 15) is 19.2 Å². The average Bonchev–Trinajstić information content (AvgIpc) is 3.61. The Bertz CT molecular complexity index is 1880. The minimum absolute atomic E-state index is 0.0291. The summed E-state index contributed by atoms with van der Waals surface area (Å²) in [6, 6.07) is 19.5. The van der Waals surface area contributed by atoms with Crippen molar-refractivity contribution in [2.45, 2.75) is 71.3 Å². The lowest BCUT2D eigenvalue weighted by Gasteiger charge is -2.26. The zero-order valence-electron chi connectivity index (χ0n) is 30.5. The maximum absolute atomic E-state index is 13.4. The summed E-state index contributed by atoms with van der Waals surface area (Å²) in [7, 11) is 0. The highest BCUT2D eigenvalue weighted by Crippen LogP contribution is 2.34. The maximum atomic E-state index is 13.4. The van der Waals surface area contributed by atoms with Gasteiger partial charge in [-0.05, 0) is 120 Å². The molecule has 0 amide bonds.